The van der Waals surface area contributed by atoms with Crippen molar-refractivity contribution in [2.75, 3.05) is 13.1 Å². The normalized spacial score (nSPS) is 20.8. The van der Waals surface area contributed by atoms with Crippen LogP contribution in [0.25, 0.3) is 5.57 Å². The summed E-state index contributed by atoms with van der Waals surface area (Å²) in [5.41, 5.74) is 3.26. The fourth-order valence-corrected chi connectivity index (χ4v) is 6.38. The highest BCUT2D eigenvalue weighted by molar-refractivity contribution is 5.97. The Morgan fingerprint density at radius 2 is 1.76 bits per heavy atom. The highest BCUT2D eigenvalue weighted by Crippen LogP contribution is 2.32. The molecule has 3 atom stereocenters. The van der Waals surface area contributed by atoms with E-state index in [2.05, 4.69) is 28.8 Å². The fourth-order valence-electron chi connectivity index (χ4n) is 6.38. The smallest absolute Gasteiger partial charge is 0.240 e. The van der Waals surface area contributed by atoms with Crippen LogP contribution in [0.15, 0.2) is 60.7 Å². The summed E-state index contributed by atoms with van der Waals surface area (Å²) in [5, 5.41) is 6.28. The number of likely N-dealkylation sites (tertiary alicyclic amines) is 1. The van der Waals surface area contributed by atoms with Crippen LogP contribution in [-0.2, 0) is 32.0 Å². The summed E-state index contributed by atoms with van der Waals surface area (Å²) in [7, 11) is 0. The Bertz CT molecular complexity index is 1330. The highest BCUT2D eigenvalue weighted by Gasteiger charge is 2.41. The van der Waals surface area contributed by atoms with E-state index in [9.17, 15) is 19.2 Å². The van der Waals surface area contributed by atoms with Gasteiger partial charge in [-0.1, -0.05) is 74.5 Å². The molecule has 216 valence electrons. The van der Waals surface area contributed by atoms with E-state index in [0.717, 1.165) is 48.9 Å². The van der Waals surface area contributed by atoms with Crippen LogP contribution in [0.5, 0.6) is 0 Å². The maximum Gasteiger partial charge on any atom is 0.240 e. The van der Waals surface area contributed by atoms with Crippen LogP contribution in [0.3, 0.4) is 0 Å². The van der Waals surface area contributed by atoms with Gasteiger partial charge in [0, 0.05) is 25.8 Å². The molecule has 0 aromatic heterocycles. The number of amides is 2. The van der Waals surface area contributed by atoms with Crippen LogP contribution in [0.1, 0.15) is 69.1 Å². The summed E-state index contributed by atoms with van der Waals surface area (Å²) in [4.78, 5) is 55.6. The van der Waals surface area contributed by atoms with Gasteiger partial charge in [0.05, 0.1) is 23.5 Å². The van der Waals surface area contributed by atoms with Crippen LogP contribution in [0.4, 0.5) is 0 Å². The predicted molar refractivity (Wildman–Crippen MR) is 159 cm³/mol. The average Bonchev–Trinajstić information content (AvgIpc) is 3.74. The van der Waals surface area contributed by atoms with Crippen LogP contribution in [0.2, 0.25) is 0 Å². The van der Waals surface area contributed by atoms with Gasteiger partial charge in [-0.05, 0) is 60.9 Å². The molecule has 7 heteroatoms. The van der Waals surface area contributed by atoms with Gasteiger partial charge in [0.1, 0.15) is 0 Å². The number of carbonyl (C=O) groups excluding carboxylic acids is 4. The molecule has 0 radical (unpaired) electrons. The van der Waals surface area contributed by atoms with E-state index in [1.54, 1.807) is 18.7 Å². The van der Waals surface area contributed by atoms with E-state index in [1.165, 1.54) is 5.56 Å². The van der Waals surface area contributed by atoms with Gasteiger partial charge in [-0.15, -0.1) is 0 Å². The number of nitrogens with zero attached hydrogens (tertiary/aromatic N) is 1. The molecule has 0 bridgehead atoms. The lowest BCUT2D eigenvalue weighted by Gasteiger charge is -2.31. The number of benzene rings is 2. The lowest BCUT2D eigenvalue weighted by molar-refractivity contribution is -0.141. The molecule has 41 heavy (non-hydrogen) atoms. The summed E-state index contributed by atoms with van der Waals surface area (Å²) >= 11 is 0. The number of carbonyl (C=O) groups is 4. The number of Topliss-reactive ketones (excluding diaryl/α,β-unsaturated/α-hetero) is 2. The summed E-state index contributed by atoms with van der Waals surface area (Å²) in [6.45, 7) is 4.90. The molecule has 2 N–H and O–H groups in total. The lowest BCUT2D eigenvalue weighted by atomic mass is 9.83. The van der Waals surface area contributed by atoms with Gasteiger partial charge in [-0.3, -0.25) is 19.2 Å². The lowest BCUT2D eigenvalue weighted by Crippen LogP contribution is -2.51. The molecular weight excluding hydrogens is 514 g/mol. The molecule has 2 saturated heterocycles. The molecule has 0 spiro atoms. The Morgan fingerprint density at radius 3 is 2.51 bits per heavy atom. The van der Waals surface area contributed by atoms with Crippen molar-refractivity contribution >= 4 is 29.0 Å². The van der Waals surface area contributed by atoms with E-state index in [0.29, 0.717) is 19.4 Å². The predicted octanol–water partition coefficient (Wildman–Crippen LogP) is 4.04. The molecular formula is C34H41N3O4. The zero-order chi connectivity index (χ0) is 29.0. The molecule has 2 amide bonds. The molecule has 2 fully saturated rings. The number of hydrogen-bond donors (Lipinski definition) is 2. The van der Waals surface area contributed by atoms with Crippen molar-refractivity contribution < 1.29 is 19.2 Å². The Labute approximate surface area is 242 Å². The topological polar surface area (TPSA) is 95.6 Å². The number of rotatable bonds is 11. The van der Waals surface area contributed by atoms with Crippen LogP contribution >= 0.6 is 0 Å². The molecule has 0 saturated carbocycles. The third kappa shape index (κ3) is 6.67. The van der Waals surface area contributed by atoms with Crippen molar-refractivity contribution in [2.45, 2.75) is 83.3 Å². The SMILES string of the molecule is CC(C)(CC(=O)C1CCCN1C(=O)[C@H]1CCCN1)C(=O)NC(CC1=CCc2ccccc21)C(=O)Cc1ccccc1. The maximum atomic E-state index is 13.7. The third-order valence-corrected chi connectivity index (χ3v) is 8.77. The Morgan fingerprint density at radius 1 is 1.00 bits per heavy atom. The second kappa shape index (κ2) is 12.5. The first kappa shape index (κ1) is 28.9. The zero-order valence-corrected chi connectivity index (χ0v) is 24.2. The maximum absolute atomic E-state index is 13.7. The summed E-state index contributed by atoms with van der Waals surface area (Å²) in [5.74, 6) is -0.475. The second-order valence-corrected chi connectivity index (χ2v) is 12.3. The van der Waals surface area contributed by atoms with Gasteiger partial charge in [-0.25, -0.2) is 0 Å². The van der Waals surface area contributed by atoms with Gasteiger partial charge < -0.3 is 15.5 Å². The number of ketones is 2. The molecule has 3 aliphatic rings. The first-order chi connectivity index (χ1) is 19.7. The highest BCUT2D eigenvalue weighted by atomic mass is 16.2. The molecule has 2 heterocycles. The number of nitrogens with one attached hydrogen (secondary N) is 2. The van der Waals surface area contributed by atoms with Gasteiger partial charge >= 0.3 is 0 Å². The van der Waals surface area contributed by atoms with Gasteiger partial charge in [-0.2, -0.15) is 0 Å². The van der Waals surface area contributed by atoms with Crippen LogP contribution in [0, 0.1) is 5.41 Å². The first-order valence-electron chi connectivity index (χ1n) is 14.9. The quantitative estimate of drug-likeness (QED) is 0.436. The van der Waals surface area contributed by atoms with E-state index < -0.39 is 17.5 Å². The van der Waals surface area contributed by atoms with Gasteiger partial charge in [0.25, 0.3) is 0 Å². The van der Waals surface area contributed by atoms with Gasteiger partial charge in [0.2, 0.25) is 11.8 Å². The Balaban J connectivity index is 1.28. The largest absolute Gasteiger partial charge is 0.345 e. The third-order valence-electron chi connectivity index (χ3n) is 8.77. The van der Waals surface area contributed by atoms with Crippen molar-refractivity contribution in [1.29, 1.82) is 0 Å². The summed E-state index contributed by atoms with van der Waals surface area (Å²) in [6.07, 6.45) is 6.74. The van der Waals surface area contributed by atoms with Crippen molar-refractivity contribution in [3.63, 3.8) is 0 Å². The molecule has 2 aromatic carbocycles. The average molecular weight is 556 g/mol. The standard InChI is InChI=1S/C34H41N3O4/c1-34(2,22-31(39)29-15-9-19-37(29)32(40)27-14-8-18-35-27)33(41)36-28(30(38)20-23-10-4-3-5-11-23)21-25-17-16-24-12-6-7-13-26(24)25/h3-7,10-13,17,27-29,35H,8-9,14-16,18-22H2,1-2H3,(H,36,41)/t27-,28?,29?/m1/s1. The zero-order valence-electron chi connectivity index (χ0n) is 24.2. The fraction of sp³-hybridized carbons (Fsp3) is 0.471. The number of allylic oxidation sites excluding steroid dienone is 1. The Hall–Kier alpha value is -3.58. The van der Waals surface area contributed by atoms with E-state index in [-0.39, 0.29) is 42.3 Å². The minimum atomic E-state index is -1.03. The number of hydrogen-bond acceptors (Lipinski definition) is 5. The van der Waals surface area contributed by atoms with Crippen molar-refractivity contribution in [2.24, 2.45) is 5.41 Å². The van der Waals surface area contributed by atoms with Gasteiger partial charge in [0.15, 0.2) is 11.6 Å². The first-order valence-corrected chi connectivity index (χ1v) is 14.9. The molecule has 7 nitrogen and oxygen atoms in total. The molecule has 2 unspecified atom stereocenters. The summed E-state index contributed by atoms with van der Waals surface area (Å²) < 4.78 is 0. The van der Waals surface area contributed by atoms with E-state index >= 15 is 0 Å². The van der Waals surface area contributed by atoms with E-state index in [4.69, 9.17) is 0 Å². The molecule has 5 rings (SSSR count). The molecule has 2 aromatic rings. The monoisotopic (exact) mass is 555 g/mol. The minimum Gasteiger partial charge on any atom is -0.345 e. The molecule has 1 aliphatic carbocycles. The summed E-state index contributed by atoms with van der Waals surface area (Å²) in [6, 6.07) is 16.3. The minimum absolute atomic E-state index is 0.00250. The number of fused-ring (bicyclic) bond motifs is 1. The Kier molecular flexibility index (Phi) is 8.83. The van der Waals surface area contributed by atoms with Crippen molar-refractivity contribution in [1.82, 2.24) is 15.5 Å². The van der Waals surface area contributed by atoms with Crippen molar-refractivity contribution in [3.8, 4) is 0 Å². The van der Waals surface area contributed by atoms with Crippen LogP contribution in [-0.4, -0.2) is 59.5 Å². The van der Waals surface area contributed by atoms with Crippen LogP contribution < -0.4 is 10.6 Å². The van der Waals surface area contributed by atoms with E-state index in [1.807, 2.05) is 42.5 Å². The second-order valence-electron chi connectivity index (χ2n) is 12.3. The molecule has 2 aliphatic heterocycles. The van der Waals surface area contributed by atoms with Crippen molar-refractivity contribution in [3.05, 3.63) is 77.4 Å².